The first-order chi connectivity index (χ1) is 10.3. The van der Waals surface area contributed by atoms with Gasteiger partial charge in [0.25, 0.3) is 0 Å². The van der Waals surface area contributed by atoms with E-state index >= 15 is 0 Å². The van der Waals surface area contributed by atoms with Crippen LogP contribution in [0, 0.1) is 13.8 Å². The van der Waals surface area contributed by atoms with E-state index in [0.717, 1.165) is 11.1 Å². The Balaban J connectivity index is 1.83. The van der Waals surface area contributed by atoms with Crippen LogP contribution in [0.1, 0.15) is 24.0 Å². The van der Waals surface area contributed by atoms with E-state index < -0.39 is 11.6 Å². The molecule has 0 saturated carbocycles. The van der Waals surface area contributed by atoms with Gasteiger partial charge < -0.3 is 14.7 Å². The minimum absolute atomic E-state index is 0.100. The summed E-state index contributed by atoms with van der Waals surface area (Å²) in [6, 6.07) is 5.76. The summed E-state index contributed by atoms with van der Waals surface area (Å²) in [4.78, 5) is 24.0. The van der Waals surface area contributed by atoms with E-state index in [9.17, 15) is 14.0 Å². The van der Waals surface area contributed by atoms with Gasteiger partial charge in [-0.15, -0.1) is 0 Å². The molecule has 1 N–H and O–H groups in total. The molecule has 0 bridgehead atoms. The Bertz CT molecular complexity index is 590. The number of carbonyl (C=O) groups excluding carboxylic acids is 1. The molecule has 0 radical (unpaired) electrons. The number of alkyl halides is 1. The maximum atomic E-state index is 13.9. The van der Waals surface area contributed by atoms with Gasteiger partial charge in [-0.25, -0.2) is 9.18 Å². The lowest BCUT2D eigenvalue weighted by Crippen LogP contribution is -2.39. The van der Waals surface area contributed by atoms with Gasteiger partial charge in [0.15, 0.2) is 0 Å². The number of aryl methyl sites for hydroxylation is 2. The number of nitrogens with zero attached hydrogens (tertiary/aromatic N) is 1. The molecular weight excluding hydrogens is 289 g/mol. The average molecular weight is 309 g/mol. The van der Waals surface area contributed by atoms with Crippen LogP contribution < -0.4 is 4.74 Å². The minimum atomic E-state index is -2.32. The van der Waals surface area contributed by atoms with Gasteiger partial charge in [-0.1, -0.05) is 17.7 Å². The SMILES string of the molecule is Cc1ccc(OCCC(=O)N2CCC(F)(C(=O)O)C2)c(C)c1. The Hall–Kier alpha value is -2.11. The normalized spacial score (nSPS) is 21.0. The van der Waals surface area contributed by atoms with Gasteiger partial charge in [-0.05, 0) is 25.5 Å². The first kappa shape index (κ1) is 16.3. The fourth-order valence-corrected chi connectivity index (χ4v) is 2.53. The molecule has 1 aliphatic rings. The van der Waals surface area contributed by atoms with Crippen molar-refractivity contribution in [3.63, 3.8) is 0 Å². The van der Waals surface area contributed by atoms with Gasteiger partial charge in [0.2, 0.25) is 11.6 Å². The fraction of sp³-hybridized carbons (Fsp3) is 0.500. The zero-order valence-electron chi connectivity index (χ0n) is 12.8. The van der Waals surface area contributed by atoms with E-state index in [1.807, 2.05) is 32.0 Å². The van der Waals surface area contributed by atoms with Gasteiger partial charge in [-0.2, -0.15) is 0 Å². The number of carboxylic acids is 1. The largest absolute Gasteiger partial charge is 0.493 e. The van der Waals surface area contributed by atoms with Crippen LogP contribution >= 0.6 is 0 Å². The highest BCUT2D eigenvalue weighted by molar-refractivity contribution is 5.82. The van der Waals surface area contributed by atoms with Crippen molar-refractivity contribution in [1.82, 2.24) is 4.90 Å². The van der Waals surface area contributed by atoms with Crippen molar-refractivity contribution in [2.75, 3.05) is 19.7 Å². The van der Waals surface area contributed by atoms with Crippen molar-refractivity contribution in [2.45, 2.75) is 32.4 Å². The summed E-state index contributed by atoms with van der Waals surface area (Å²) in [7, 11) is 0. The smallest absolute Gasteiger partial charge is 0.343 e. The number of rotatable bonds is 5. The number of aliphatic carboxylic acids is 1. The van der Waals surface area contributed by atoms with Gasteiger partial charge >= 0.3 is 5.97 Å². The van der Waals surface area contributed by atoms with E-state index in [4.69, 9.17) is 9.84 Å². The lowest BCUT2D eigenvalue weighted by atomic mass is 10.1. The van der Waals surface area contributed by atoms with E-state index in [0.29, 0.717) is 5.75 Å². The molecule has 1 atom stereocenters. The van der Waals surface area contributed by atoms with Crippen molar-refractivity contribution < 1.29 is 23.8 Å². The van der Waals surface area contributed by atoms with Crippen LogP contribution in [0.5, 0.6) is 5.75 Å². The molecule has 2 rings (SSSR count). The molecule has 1 unspecified atom stereocenters. The molecule has 0 aliphatic carbocycles. The van der Waals surface area contributed by atoms with E-state index in [-0.39, 0.29) is 38.4 Å². The number of carbonyl (C=O) groups is 2. The second-order valence-corrected chi connectivity index (χ2v) is 5.70. The third-order valence-corrected chi connectivity index (χ3v) is 3.86. The Kier molecular flexibility index (Phi) is 4.68. The number of amides is 1. The summed E-state index contributed by atoms with van der Waals surface area (Å²) in [6.45, 7) is 3.84. The van der Waals surface area contributed by atoms with E-state index in [2.05, 4.69) is 0 Å². The number of halogens is 1. The zero-order valence-corrected chi connectivity index (χ0v) is 12.8. The van der Waals surface area contributed by atoms with Crippen molar-refractivity contribution in [3.05, 3.63) is 29.3 Å². The molecule has 0 spiro atoms. The predicted octanol–water partition coefficient (Wildman–Crippen LogP) is 2.10. The number of hydrogen-bond acceptors (Lipinski definition) is 3. The summed E-state index contributed by atoms with van der Waals surface area (Å²) in [5, 5.41) is 8.81. The molecule has 1 saturated heterocycles. The van der Waals surface area contributed by atoms with Crippen molar-refractivity contribution >= 4 is 11.9 Å². The molecule has 1 fully saturated rings. The Morgan fingerprint density at radius 2 is 2.14 bits per heavy atom. The van der Waals surface area contributed by atoms with Gasteiger partial charge in [0.1, 0.15) is 5.75 Å². The van der Waals surface area contributed by atoms with Gasteiger partial charge in [0.05, 0.1) is 19.6 Å². The van der Waals surface area contributed by atoms with Crippen molar-refractivity contribution in [2.24, 2.45) is 0 Å². The van der Waals surface area contributed by atoms with Gasteiger partial charge in [-0.3, -0.25) is 4.79 Å². The van der Waals surface area contributed by atoms with Crippen LogP contribution in [0.3, 0.4) is 0 Å². The monoisotopic (exact) mass is 309 g/mol. The quantitative estimate of drug-likeness (QED) is 0.904. The Labute approximate surface area is 128 Å². The van der Waals surface area contributed by atoms with Crippen LogP contribution in [0.4, 0.5) is 4.39 Å². The standard InChI is InChI=1S/C16H20FNO4/c1-11-3-4-13(12(2)9-11)22-8-5-14(19)18-7-6-16(17,10-18)15(20)21/h3-4,9H,5-8,10H2,1-2H3,(H,20,21). The molecule has 6 heteroatoms. The Morgan fingerprint density at radius 1 is 1.41 bits per heavy atom. The molecule has 1 heterocycles. The molecule has 1 aliphatic heterocycles. The molecule has 1 amide bonds. The summed E-state index contributed by atoms with van der Waals surface area (Å²) in [5.41, 5.74) is -0.197. The number of carboxylic acid groups (broad SMARTS) is 1. The molecule has 1 aromatic carbocycles. The van der Waals surface area contributed by atoms with E-state index in [1.165, 1.54) is 4.90 Å². The lowest BCUT2D eigenvalue weighted by molar-refractivity contribution is -0.150. The first-order valence-electron chi connectivity index (χ1n) is 7.22. The highest BCUT2D eigenvalue weighted by atomic mass is 19.1. The van der Waals surface area contributed by atoms with Crippen LogP contribution in [0.25, 0.3) is 0 Å². The van der Waals surface area contributed by atoms with E-state index in [1.54, 1.807) is 0 Å². The minimum Gasteiger partial charge on any atom is -0.493 e. The second-order valence-electron chi connectivity index (χ2n) is 5.70. The number of hydrogen-bond donors (Lipinski definition) is 1. The van der Waals surface area contributed by atoms with Crippen LogP contribution in [-0.4, -0.2) is 47.2 Å². The maximum Gasteiger partial charge on any atom is 0.343 e. The Morgan fingerprint density at radius 3 is 2.73 bits per heavy atom. The van der Waals surface area contributed by atoms with Crippen LogP contribution in [0.15, 0.2) is 18.2 Å². The molecule has 0 aromatic heterocycles. The third kappa shape index (κ3) is 3.55. The summed E-state index contributed by atoms with van der Waals surface area (Å²) in [5.74, 6) is -1.08. The molecule has 5 nitrogen and oxygen atoms in total. The number of ether oxygens (including phenoxy) is 1. The summed E-state index contributed by atoms with van der Waals surface area (Å²) < 4.78 is 19.5. The number of benzene rings is 1. The summed E-state index contributed by atoms with van der Waals surface area (Å²) in [6.07, 6.45) is -0.0605. The van der Waals surface area contributed by atoms with Crippen LogP contribution in [-0.2, 0) is 9.59 Å². The third-order valence-electron chi connectivity index (χ3n) is 3.86. The molecule has 22 heavy (non-hydrogen) atoms. The predicted molar refractivity (Wildman–Crippen MR) is 78.7 cm³/mol. The topological polar surface area (TPSA) is 66.8 Å². The molecule has 1 aromatic rings. The lowest BCUT2D eigenvalue weighted by Gasteiger charge is -2.18. The van der Waals surface area contributed by atoms with Crippen molar-refractivity contribution in [3.8, 4) is 5.75 Å². The second kappa shape index (κ2) is 6.34. The number of likely N-dealkylation sites (tertiary alicyclic amines) is 1. The molecular formula is C16H20FNO4. The van der Waals surface area contributed by atoms with Gasteiger partial charge in [0, 0.05) is 13.0 Å². The highest BCUT2D eigenvalue weighted by Crippen LogP contribution is 2.26. The first-order valence-corrected chi connectivity index (χ1v) is 7.22. The average Bonchev–Trinajstić information content (AvgIpc) is 2.85. The van der Waals surface area contributed by atoms with Crippen LogP contribution in [0.2, 0.25) is 0 Å². The highest BCUT2D eigenvalue weighted by Gasteiger charge is 2.46. The molecule has 120 valence electrons. The zero-order chi connectivity index (χ0) is 16.3. The fourth-order valence-electron chi connectivity index (χ4n) is 2.53. The maximum absolute atomic E-state index is 13.9. The summed E-state index contributed by atoms with van der Waals surface area (Å²) >= 11 is 0. The van der Waals surface area contributed by atoms with Crippen molar-refractivity contribution in [1.29, 1.82) is 0 Å².